The van der Waals surface area contributed by atoms with Gasteiger partial charge in [-0.2, -0.15) is 13.2 Å². The molecule has 1 amide bonds. The summed E-state index contributed by atoms with van der Waals surface area (Å²) >= 11 is 0. The molecule has 1 aliphatic rings. The molecule has 34 heavy (non-hydrogen) atoms. The van der Waals surface area contributed by atoms with Gasteiger partial charge < -0.3 is 15.4 Å². The molecule has 0 spiro atoms. The van der Waals surface area contributed by atoms with Gasteiger partial charge in [0.1, 0.15) is 18.3 Å². The quantitative estimate of drug-likeness (QED) is 0.534. The van der Waals surface area contributed by atoms with E-state index in [0.717, 1.165) is 37.9 Å². The molecule has 4 rings (SSSR count). The van der Waals surface area contributed by atoms with Gasteiger partial charge in [-0.1, -0.05) is 19.3 Å². The van der Waals surface area contributed by atoms with Crippen LogP contribution in [-0.2, 0) is 11.0 Å². The second kappa shape index (κ2) is 10.7. The number of nitrogens with one attached hydrogen (secondary N) is 2. The minimum Gasteiger partial charge on any atom is -0.382 e. The molecule has 0 radical (unpaired) electrons. The number of anilines is 1. The molecule has 0 aliphatic heterocycles. The van der Waals surface area contributed by atoms with Crippen LogP contribution in [0.2, 0.25) is 0 Å². The highest BCUT2D eigenvalue weighted by atomic mass is 19.4. The predicted octanol–water partition coefficient (Wildman–Crippen LogP) is 5.14. The van der Waals surface area contributed by atoms with E-state index in [0.29, 0.717) is 28.1 Å². The normalized spacial score (nSPS) is 14.5. The summed E-state index contributed by atoms with van der Waals surface area (Å²) in [6.45, 7) is 5.93. The second-order valence-electron chi connectivity index (χ2n) is 8.52. The number of pyridine rings is 2. The molecule has 1 fully saturated rings. The number of carbonyl (C=O) groups excluding carboxylic acids is 2. The van der Waals surface area contributed by atoms with E-state index >= 15 is 0 Å². The van der Waals surface area contributed by atoms with Crippen molar-refractivity contribution in [3.05, 3.63) is 47.9 Å². The summed E-state index contributed by atoms with van der Waals surface area (Å²) in [5.74, 6) is 0.286. The monoisotopic (exact) mass is 475 g/mol. The highest BCUT2D eigenvalue weighted by Gasteiger charge is 2.31. The van der Waals surface area contributed by atoms with Gasteiger partial charge in [-0.3, -0.25) is 9.36 Å². The highest BCUT2D eigenvalue weighted by Crippen LogP contribution is 2.31. The third-order valence-corrected chi connectivity index (χ3v) is 5.62. The van der Waals surface area contributed by atoms with Crippen molar-refractivity contribution in [3.63, 3.8) is 0 Å². The molecule has 182 valence electrons. The Kier molecular flexibility index (Phi) is 7.90. The van der Waals surface area contributed by atoms with E-state index in [1.54, 1.807) is 22.9 Å². The molecule has 3 heterocycles. The Hall–Kier alpha value is -3.43. The number of halogens is 3. The van der Waals surface area contributed by atoms with Crippen LogP contribution in [0.25, 0.3) is 16.9 Å². The second-order valence-corrected chi connectivity index (χ2v) is 8.52. The van der Waals surface area contributed by atoms with Gasteiger partial charge >= 0.3 is 6.18 Å². The first-order valence-corrected chi connectivity index (χ1v) is 11.1. The molecule has 10 heteroatoms. The number of hydrogen-bond donors (Lipinski definition) is 2. The molecule has 3 aromatic heterocycles. The fourth-order valence-corrected chi connectivity index (χ4v) is 4.06. The van der Waals surface area contributed by atoms with Crippen LogP contribution in [0.4, 0.5) is 18.9 Å². The summed E-state index contributed by atoms with van der Waals surface area (Å²) in [6.07, 6.45) is 4.88. The lowest BCUT2D eigenvalue weighted by atomic mass is 9.95. The van der Waals surface area contributed by atoms with Crippen LogP contribution in [-0.4, -0.2) is 39.3 Å². The average Bonchev–Trinajstić information content (AvgIpc) is 3.23. The maximum absolute atomic E-state index is 13.0. The fourth-order valence-electron chi connectivity index (χ4n) is 4.06. The number of carbonyl (C=O) groups is 2. The molecule has 0 unspecified atom stereocenters. The Balaban J connectivity index is 0.00000158. The number of rotatable bonds is 5. The molecule has 1 saturated carbocycles. The predicted molar refractivity (Wildman–Crippen MR) is 124 cm³/mol. The van der Waals surface area contributed by atoms with Gasteiger partial charge in [0.15, 0.2) is 0 Å². The van der Waals surface area contributed by atoms with Gasteiger partial charge in [0, 0.05) is 42.1 Å². The number of aromatic nitrogens is 3. The van der Waals surface area contributed by atoms with Crippen LogP contribution in [0.1, 0.15) is 61.9 Å². The highest BCUT2D eigenvalue weighted by molar-refractivity contribution is 5.99. The van der Waals surface area contributed by atoms with E-state index in [1.165, 1.54) is 12.6 Å². The fraction of sp³-hybridized carbons (Fsp3) is 0.417. The molecule has 2 N–H and O–H groups in total. The van der Waals surface area contributed by atoms with Crippen molar-refractivity contribution in [2.75, 3.05) is 5.32 Å². The first-order valence-electron chi connectivity index (χ1n) is 11.1. The average molecular weight is 476 g/mol. The molecule has 0 aromatic carbocycles. The Morgan fingerprint density at radius 3 is 2.47 bits per heavy atom. The Morgan fingerprint density at radius 1 is 1.12 bits per heavy atom. The summed E-state index contributed by atoms with van der Waals surface area (Å²) in [4.78, 5) is 29.4. The number of hydrogen-bond acceptors (Lipinski definition) is 5. The first kappa shape index (κ1) is 25.2. The smallest absolute Gasteiger partial charge is 0.382 e. The summed E-state index contributed by atoms with van der Waals surface area (Å²) in [5.41, 5.74) is 0.622. The first-order chi connectivity index (χ1) is 16.2. The Bertz CT molecular complexity index is 1140. The Morgan fingerprint density at radius 2 is 1.82 bits per heavy atom. The molecule has 0 bridgehead atoms. The topological polar surface area (TPSA) is 88.9 Å². The zero-order valence-electron chi connectivity index (χ0n) is 19.2. The third-order valence-electron chi connectivity index (χ3n) is 5.62. The maximum Gasteiger partial charge on any atom is 0.417 e. The molecule has 1 aliphatic carbocycles. The van der Waals surface area contributed by atoms with Crippen LogP contribution in [0, 0.1) is 0 Å². The van der Waals surface area contributed by atoms with Gasteiger partial charge in [-0.25, -0.2) is 9.97 Å². The zero-order chi connectivity index (χ0) is 24.9. The third kappa shape index (κ3) is 5.73. The molecule has 3 aromatic rings. The number of fused-ring (bicyclic) bond motifs is 1. The summed E-state index contributed by atoms with van der Waals surface area (Å²) < 4.78 is 40.6. The van der Waals surface area contributed by atoms with Crippen molar-refractivity contribution in [1.82, 2.24) is 19.9 Å². The lowest BCUT2D eigenvalue weighted by Crippen LogP contribution is -2.36. The number of amides is 1. The molecular weight excluding hydrogens is 447 g/mol. The van der Waals surface area contributed by atoms with Crippen molar-refractivity contribution >= 4 is 29.4 Å². The standard InChI is InChI=1S/C23H26F3N5O.CH2O/c1-14(2)29-19-11-20(27-13-18(19)22(32)30-17-6-4-3-5-7-17)31-9-8-15-10-16(23(24,25)26)12-28-21(15)31;1-2/h8-14,17H,3-7H2,1-2H3,(H,27,29)(H,30,32);1H2. The molecule has 7 nitrogen and oxygen atoms in total. The minimum atomic E-state index is -4.46. The van der Waals surface area contributed by atoms with Crippen molar-refractivity contribution in [2.45, 2.75) is 64.2 Å². The van der Waals surface area contributed by atoms with E-state index in [9.17, 15) is 18.0 Å². The van der Waals surface area contributed by atoms with Crippen molar-refractivity contribution in [1.29, 1.82) is 0 Å². The van der Waals surface area contributed by atoms with E-state index in [-0.39, 0.29) is 18.0 Å². The van der Waals surface area contributed by atoms with Crippen LogP contribution in [0.15, 0.2) is 36.8 Å². The molecular formula is C24H28F3N5O2. The number of nitrogens with zero attached hydrogens (tertiary/aromatic N) is 3. The summed E-state index contributed by atoms with van der Waals surface area (Å²) in [7, 11) is 0. The van der Waals surface area contributed by atoms with E-state index in [4.69, 9.17) is 4.79 Å². The van der Waals surface area contributed by atoms with Crippen molar-refractivity contribution in [2.24, 2.45) is 0 Å². The van der Waals surface area contributed by atoms with Crippen LogP contribution >= 0.6 is 0 Å². The molecule has 0 atom stereocenters. The number of alkyl halides is 3. The van der Waals surface area contributed by atoms with Gasteiger partial charge in [-0.15, -0.1) is 0 Å². The summed E-state index contributed by atoms with van der Waals surface area (Å²) in [6, 6.07) is 4.61. The lowest BCUT2D eigenvalue weighted by Gasteiger charge is -2.23. The van der Waals surface area contributed by atoms with Crippen LogP contribution in [0.3, 0.4) is 0 Å². The van der Waals surface area contributed by atoms with E-state index in [1.807, 2.05) is 20.6 Å². The summed E-state index contributed by atoms with van der Waals surface area (Å²) in [5, 5.41) is 6.76. The van der Waals surface area contributed by atoms with Crippen LogP contribution < -0.4 is 10.6 Å². The van der Waals surface area contributed by atoms with Crippen molar-refractivity contribution in [3.8, 4) is 5.82 Å². The lowest BCUT2D eigenvalue weighted by molar-refractivity contribution is -0.137. The largest absolute Gasteiger partial charge is 0.417 e. The van der Waals surface area contributed by atoms with Crippen LogP contribution in [0.5, 0.6) is 0 Å². The van der Waals surface area contributed by atoms with Crippen molar-refractivity contribution < 1.29 is 22.8 Å². The Labute approximate surface area is 195 Å². The maximum atomic E-state index is 13.0. The van der Waals surface area contributed by atoms with Gasteiger partial charge in [-0.05, 0) is 38.8 Å². The van der Waals surface area contributed by atoms with E-state index in [2.05, 4.69) is 20.6 Å². The van der Waals surface area contributed by atoms with Gasteiger partial charge in [0.2, 0.25) is 0 Å². The van der Waals surface area contributed by atoms with Gasteiger partial charge in [0.25, 0.3) is 5.91 Å². The zero-order valence-corrected chi connectivity index (χ0v) is 19.2. The van der Waals surface area contributed by atoms with Gasteiger partial charge in [0.05, 0.1) is 16.8 Å². The SMILES string of the molecule is C=O.CC(C)Nc1cc(-n2ccc3cc(C(F)(F)F)cnc32)ncc1C(=O)NC1CCCCC1. The minimum absolute atomic E-state index is 0.0698. The molecule has 0 saturated heterocycles. The van der Waals surface area contributed by atoms with E-state index < -0.39 is 11.7 Å².